The largest absolute Gasteiger partial charge is 0.461 e. The van der Waals surface area contributed by atoms with Crippen molar-refractivity contribution in [2.75, 3.05) is 37.7 Å². The number of aromatic nitrogens is 2. The van der Waals surface area contributed by atoms with E-state index in [1.165, 1.54) is 12.3 Å². The van der Waals surface area contributed by atoms with E-state index in [1.54, 1.807) is 24.3 Å². The highest BCUT2D eigenvalue weighted by Crippen LogP contribution is 2.41. The number of rotatable bonds is 6. The Morgan fingerprint density at radius 2 is 2.00 bits per heavy atom. The van der Waals surface area contributed by atoms with Gasteiger partial charge in [-0.05, 0) is 23.1 Å². The molecule has 1 aromatic heterocycles. The first kappa shape index (κ1) is 27.8. The smallest absolute Gasteiger partial charge is 0.319 e. The predicted molar refractivity (Wildman–Crippen MR) is 162 cm³/mol. The zero-order valence-electron chi connectivity index (χ0n) is 23.7. The normalized spacial score (nSPS) is 20.9. The number of piperazine rings is 1. The molecule has 4 aromatic rings. The van der Waals surface area contributed by atoms with Gasteiger partial charge in [-0.2, -0.15) is 15.2 Å². The van der Waals surface area contributed by atoms with Crippen LogP contribution >= 0.6 is 0 Å². The average molecular weight is 593 g/mol. The minimum absolute atomic E-state index is 0.0293. The maximum Gasteiger partial charge on any atom is 0.319 e. The first-order valence-electron chi connectivity index (χ1n) is 14.4. The SMILES string of the molecule is C#Cc1cccc2cccc(-c3c(F)cc4c(N5CCN[C@@H](CC#N)C5)nc(OC[C@]56C=CCN5C=C(F)C6)nc4c3F)c12. The van der Waals surface area contributed by atoms with E-state index in [1.807, 2.05) is 34.1 Å². The second-order valence-corrected chi connectivity index (χ2v) is 11.3. The molecule has 2 atom stereocenters. The number of hydrogen-bond donors (Lipinski definition) is 1. The van der Waals surface area contributed by atoms with Crippen molar-refractivity contribution >= 4 is 27.5 Å². The van der Waals surface area contributed by atoms with E-state index in [9.17, 15) is 9.65 Å². The van der Waals surface area contributed by atoms with Crippen molar-refractivity contribution in [3.05, 3.63) is 83.8 Å². The molecule has 0 saturated carbocycles. The van der Waals surface area contributed by atoms with Crippen LogP contribution < -0.4 is 15.0 Å². The highest BCUT2D eigenvalue weighted by atomic mass is 19.1. The molecule has 1 N–H and O–H groups in total. The molecule has 0 spiro atoms. The number of ether oxygens (including phenoxy) is 1. The molecule has 0 amide bonds. The van der Waals surface area contributed by atoms with Crippen LogP contribution in [-0.4, -0.2) is 59.2 Å². The Morgan fingerprint density at radius 3 is 2.82 bits per heavy atom. The summed E-state index contributed by atoms with van der Waals surface area (Å²) in [4.78, 5) is 12.8. The van der Waals surface area contributed by atoms with Gasteiger partial charge in [0, 0.05) is 61.2 Å². The van der Waals surface area contributed by atoms with Crippen molar-refractivity contribution in [3.8, 4) is 35.6 Å². The van der Waals surface area contributed by atoms with E-state index in [0.29, 0.717) is 48.5 Å². The lowest BCUT2D eigenvalue weighted by atomic mass is 9.93. The minimum atomic E-state index is -0.870. The summed E-state index contributed by atoms with van der Waals surface area (Å²) in [5, 5.41) is 14.1. The molecule has 0 unspecified atom stereocenters. The molecule has 0 aliphatic carbocycles. The lowest BCUT2D eigenvalue weighted by Gasteiger charge is -2.34. The summed E-state index contributed by atoms with van der Waals surface area (Å²) in [6.45, 7) is 2.01. The number of halogens is 3. The van der Waals surface area contributed by atoms with Gasteiger partial charge in [0.15, 0.2) is 5.82 Å². The molecule has 7 rings (SSSR count). The molecule has 0 radical (unpaired) electrons. The average Bonchev–Trinajstić information content (AvgIpc) is 3.55. The van der Waals surface area contributed by atoms with E-state index in [4.69, 9.17) is 11.2 Å². The van der Waals surface area contributed by atoms with Crippen LogP contribution in [0, 0.1) is 35.3 Å². The Balaban J connectivity index is 1.38. The minimum Gasteiger partial charge on any atom is -0.461 e. The molecule has 3 aliphatic heterocycles. The van der Waals surface area contributed by atoms with E-state index in [2.05, 4.69) is 27.3 Å². The van der Waals surface area contributed by atoms with Crippen molar-refractivity contribution in [1.82, 2.24) is 20.2 Å². The summed E-state index contributed by atoms with van der Waals surface area (Å²) in [5.74, 6) is 1.02. The number of benzene rings is 3. The third kappa shape index (κ3) is 4.59. The molecule has 10 heteroatoms. The Morgan fingerprint density at radius 1 is 1.16 bits per heavy atom. The number of anilines is 1. The molecule has 3 aliphatic rings. The molecule has 1 saturated heterocycles. The first-order valence-corrected chi connectivity index (χ1v) is 14.4. The third-order valence-electron chi connectivity index (χ3n) is 8.59. The van der Waals surface area contributed by atoms with Gasteiger partial charge in [0.1, 0.15) is 29.6 Å². The lowest BCUT2D eigenvalue weighted by Crippen LogP contribution is -2.51. The fraction of sp³-hybridized carbons (Fsp3) is 0.265. The van der Waals surface area contributed by atoms with Crippen LogP contribution in [0.3, 0.4) is 0 Å². The van der Waals surface area contributed by atoms with Gasteiger partial charge >= 0.3 is 6.01 Å². The van der Waals surface area contributed by atoms with Crippen LogP contribution in [0.4, 0.5) is 19.0 Å². The summed E-state index contributed by atoms with van der Waals surface area (Å²) >= 11 is 0. The fourth-order valence-corrected chi connectivity index (χ4v) is 6.53. The summed E-state index contributed by atoms with van der Waals surface area (Å²) < 4.78 is 53.2. The fourth-order valence-electron chi connectivity index (χ4n) is 6.53. The molecule has 220 valence electrons. The number of nitrogens with one attached hydrogen (secondary N) is 1. The number of nitriles is 1. The number of hydrogen-bond acceptors (Lipinski definition) is 7. The van der Waals surface area contributed by atoms with Crippen molar-refractivity contribution in [2.45, 2.75) is 24.4 Å². The standard InChI is InChI=1S/C34H27F3N6O/c1-2-21-6-3-7-22-8-4-9-25(28(21)22)29-27(36)16-26-31(30(29)37)40-33(41-32(26)42-15-13-39-24(19-42)10-12-38)44-20-34-11-5-14-43(34)18-23(35)17-34/h1,3-9,11,16,18,24,39H,10,13-15,17,19-20H2/t24-,34+/m0/s1. The van der Waals surface area contributed by atoms with Crippen molar-refractivity contribution in [3.63, 3.8) is 0 Å². The van der Waals surface area contributed by atoms with Gasteiger partial charge in [-0.3, -0.25) is 0 Å². The predicted octanol–water partition coefficient (Wildman–Crippen LogP) is 5.61. The van der Waals surface area contributed by atoms with E-state index in [-0.39, 0.29) is 53.8 Å². The highest BCUT2D eigenvalue weighted by molar-refractivity contribution is 6.03. The number of nitrogens with zero attached hydrogens (tertiary/aromatic N) is 5. The first-order chi connectivity index (χ1) is 21.4. The topological polar surface area (TPSA) is 77.3 Å². The van der Waals surface area contributed by atoms with Gasteiger partial charge in [-0.15, -0.1) is 6.42 Å². The van der Waals surface area contributed by atoms with Gasteiger partial charge in [-0.25, -0.2) is 13.2 Å². The second kappa shape index (κ2) is 10.9. The zero-order chi connectivity index (χ0) is 30.4. The molecule has 44 heavy (non-hydrogen) atoms. The van der Waals surface area contributed by atoms with Crippen molar-refractivity contribution < 1.29 is 17.9 Å². The summed E-state index contributed by atoms with van der Waals surface area (Å²) in [6.07, 6.45) is 11.5. The maximum atomic E-state index is 16.7. The third-order valence-corrected chi connectivity index (χ3v) is 8.59. The van der Waals surface area contributed by atoms with Crippen LogP contribution in [0.25, 0.3) is 32.8 Å². The number of fused-ring (bicyclic) bond motifs is 3. The van der Waals surface area contributed by atoms with Crippen LogP contribution in [0.1, 0.15) is 18.4 Å². The van der Waals surface area contributed by atoms with Gasteiger partial charge in [0.2, 0.25) is 0 Å². The van der Waals surface area contributed by atoms with Crippen LogP contribution in [-0.2, 0) is 0 Å². The Bertz CT molecular complexity index is 1960. The van der Waals surface area contributed by atoms with E-state index < -0.39 is 17.2 Å². The Kier molecular flexibility index (Phi) is 6.87. The Hall–Kier alpha value is -5.06. The van der Waals surface area contributed by atoms with Gasteiger partial charge in [-0.1, -0.05) is 48.4 Å². The van der Waals surface area contributed by atoms with Crippen LogP contribution in [0.2, 0.25) is 0 Å². The second-order valence-electron chi connectivity index (χ2n) is 11.3. The molecule has 3 aromatic carbocycles. The lowest BCUT2D eigenvalue weighted by molar-refractivity contribution is 0.145. The highest BCUT2D eigenvalue weighted by Gasteiger charge is 2.42. The maximum absolute atomic E-state index is 16.7. The van der Waals surface area contributed by atoms with Crippen LogP contribution in [0.15, 0.2) is 66.6 Å². The monoisotopic (exact) mass is 592 g/mol. The van der Waals surface area contributed by atoms with Crippen molar-refractivity contribution in [1.29, 1.82) is 5.26 Å². The molecule has 1 fully saturated rings. The van der Waals surface area contributed by atoms with Gasteiger partial charge in [0.25, 0.3) is 0 Å². The summed E-state index contributed by atoms with van der Waals surface area (Å²) in [7, 11) is 0. The summed E-state index contributed by atoms with van der Waals surface area (Å²) in [6, 6.07) is 13.7. The van der Waals surface area contributed by atoms with Crippen LogP contribution in [0.5, 0.6) is 6.01 Å². The van der Waals surface area contributed by atoms with Gasteiger partial charge in [0.05, 0.1) is 23.6 Å². The molecular weight excluding hydrogens is 565 g/mol. The van der Waals surface area contributed by atoms with E-state index in [0.717, 1.165) is 5.39 Å². The molecule has 0 bridgehead atoms. The van der Waals surface area contributed by atoms with Crippen molar-refractivity contribution in [2.24, 2.45) is 0 Å². The zero-order valence-corrected chi connectivity index (χ0v) is 23.7. The quantitative estimate of drug-likeness (QED) is 0.231. The summed E-state index contributed by atoms with van der Waals surface area (Å²) in [5.41, 5.74) is -0.269. The molecular formula is C34H27F3N6O. The van der Waals surface area contributed by atoms with Gasteiger partial charge < -0.3 is 19.9 Å². The Labute approximate surface area is 252 Å². The molecule has 4 heterocycles. The number of terminal acetylenes is 1. The molecule has 7 nitrogen and oxygen atoms in total. The van der Waals surface area contributed by atoms with E-state index >= 15 is 8.78 Å².